The summed E-state index contributed by atoms with van der Waals surface area (Å²) in [6, 6.07) is 7.35. The fourth-order valence-electron chi connectivity index (χ4n) is 1.99. The number of carboxylic acids is 1. The van der Waals surface area contributed by atoms with Gasteiger partial charge in [-0.3, -0.25) is 0 Å². The number of aromatic carboxylic acids is 1. The van der Waals surface area contributed by atoms with E-state index in [9.17, 15) is 4.79 Å². The van der Waals surface area contributed by atoms with Gasteiger partial charge in [0.2, 0.25) is 0 Å². The van der Waals surface area contributed by atoms with Gasteiger partial charge in [0.05, 0.1) is 17.6 Å². The second-order valence-electron chi connectivity index (χ2n) is 3.40. The summed E-state index contributed by atoms with van der Waals surface area (Å²) in [4.78, 5) is 10.9. The zero-order valence-electron chi connectivity index (χ0n) is 7.53. The summed E-state index contributed by atoms with van der Waals surface area (Å²) in [5, 5.41) is 17.8. The molecule has 70 valence electrons. The lowest BCUT2D eigenvalue weighted by Gasteiger charge is -2.04. The molecular weight excluding hydrogens is 178 g/mol. The average Bonchev–Trinajstić information content (AvgIpc) is 2.59. The minimum absolute atomic E-state index is 0.121. The quantitative estimate of drug-likeness (QED) is 0.730. The fraction of sp³-hybridized carbons (Fsp3) is 0.273. The number of fused-ring (bicyclic) bond motifs is 1. The largest absolute Gasteiger partial charge is 0.478 e. The number of rotatable bonds is 1. The molecule has 1 aliphatic carbocycles. The highest BCUT2D eigenvalue weighted by molar-refractivity contribution is 5.90. The summed E-state index contributed by atoms with van der Waals surface area (Å²) < 4.78 is 0. The Bertz CT molecular complexity index is 431. The minimum atomic E-state index is -0.902. The monoisotopic (exact) mass is 187 g/mol. The number of nitrogens with zero attached hydrogens (tertiary/aromatic N) is 1. The first kappa shape index (κ1) is 8.76. The van der Waals surface area contributed by atoms with Gasteiger partial charge in [-0.2, -0.15) is 5.26 Å². The van der Waals surface area contributed by atoms with E-state index in [0.29, 0.717) is 12.0 Å². The van der Waals surface area contributed by atoms with E-state index in [1.54, 1.807) is 12.1 Å². The van der Waals surface area contributed by atoms with Crippen LogP contribution in [0, 0.1) is 11.3 Å². The molecular formula is C11H9NO2. The van der Waals surface area contributed by atoms with Crippen molar-refractivity contribution in [3.63, 3.8) is 0 Å². The van der Waals surface area contributed by atoms with Crippen LogP contribution in [-0.4, -0.2) is 11.1 Å². The van der Waals surface area contributed by atoms with Gasteiger partial charge in [0.15, 0.2) is 0 Å². The van der Waals surface area contributed by atoms with Crippen LogP contribution in [0.25, 0.3) is 0 Å². The van der Waals surface area contributed by atoms with Gasteiger partial charge < -0.3 is 5.11 Å². The van der Waals surface area contributed by atoms with Gasteiger partial charge in [-0.15, -0.1) is 0 Å². The second-order valence-corrected chi connectivity index (χ2v) is 3.40. The van der Waals surface area contributed by atoms with Crippen LogP contribution in [0.1, 0.15) is 33.8 Å². The molecule has 0 aromatic heterocycles. The number of carbonyl (C=O) groups is 1. The topological polar surface area (TPSA) is 61.1 Å². The smallest absolute Gasteiger partial charge is 0.335 e. The highest BCUT2D eigenvalue weighted by atomic mass is 16.4. The second kappa shape index (κ2) is 3.15. The highest BCUT2D eigenvalue weighted by Crippen LogP contribution is 2.34. The van der Waals surface area contributed by atoms with Crippen molar-refractivity contribution >= 4 is 5.97 Å². The first-order valence-electron chi connectivity index (χ1n) is 4.48. The van der Waals surface area contributed by atoms with E-state index in [1.165, 1.54) is 0 Å². The summed E-state index contributed by atoms with van der Waals surface area (Å²) in [5.74, 6) is -1.02. The SMILES string of the molecule is N#CC1CCc2c(C(=O)O)cccc21. The molecule has 0 saturated carbocycles. The third-order valence-corrected chi connectivity index (χ3v) is 2.66. The van der Waals surface area contributed by atoms with Crippen LogP contribution in [0.5, 0.6) is 0 Å². The Labute approximate surface area is 81.6 Å². The maximum Gasteiger partial charge on any atom is 0.335 e. The molecule has 3 nitrogen and oxygen atoms in total. The van der Waals surface area contributed by atoms with Gasteiger partial charge in [-0.1, -0.05) is 12.1 Å². The van der Waals surface area contributed by atoms with E-state index in [0.717, 1.165) is 17.5 Å². The molecule has 0 fully saturated rings. The lowest BCUT2D eigenvalue weighted by atomic mass is 10.00. The molecule has 14 heavy (non-hydrogen) atoms. The Morgan fingerprint density at radius 3 is 3.00 bits per heavy atom. The molecule has 0 bridgehead atoms. The number of nitriles is 1. The van der Waals surface area contributed by atoms with E-state index >= 15 is 0 Å². The van der Waals surface area contributed by atoms with E-state index in [2.05, 4.69) is 6.07 Å². The summed E-state index contributed by atoms with van der Waals surface area (Å²) in [7, 11) is 0. The molecule has 0 amide bonds. The Morgan fingerprint density at radius 1 is 1.57 bits per heavy atom. The van der Waals surface area contributed by atoms with Crippen molar-refractivity contribution < 1.29 is 9.90 Å². The molecule has 1 aliphatic rings. The van der Waals surface area contributed by atoms with Crippen molar-refractivity contribution in [2.45, 2.75) is 18.8 Å². The summed E-state index contributed by atoms with van der Waals surface area (Å²) in [6.07, 6.45) is 1.45. The molecule has 2 rings (SSSR count). The molecule has 0 heterocycles. The Morgan fingerprint density at radius 2 is 2.36 bits per heavy atom. The molecule has 1 aromatic carbocycles. The van der Waals surface area contributed by atoms with Crippen molar-refractivity contribution in [1.29, 1.82) is 5.26 Å². The number of carboxylic acid groups (broad SMARTS) is 1. The Kier molecular flexibility index (Phi) is 1.97. The number of hydrogen-bond donors (Lipinski definition) is 1. The molecule has 1 unspecified atom stereocenters. The number of hydrogen-bond acceptors (Lipinski definition) is 2. The van der Waals surface area contributed by atoms with Crippen LogP contribution < -0.4 is 0 Å². The van der Waals surface area contributed by atoms with Crippen LogP contribution >= 0.6 is 0 Å². The molecule has 0 aliphatic heterocycles. The molecule has 0 spiro atoms. The highest BCUT2D eigenvalue weighted by Gasteiger charge is 2.25. The van der Waals surface area contributed by atoms with Crippen LogP contribution in [0.4, 0.5) is 0 Å². The van der Waals surface area contributed by atoms with Crippen LogP contribution in [0.2, 0.25) is 0 Å². The number of benzene rings is 1. The van der Waals surface area contributed by atoms with Crippen molar-refractivity contribution in [3.8, 4) is 6.07 Å². The van der Waals surface area contributed by atoms with E-state index in [-0.39, 0.29) is 5.92 Å². The van der Waals surface area contributed by atoms with Crippen molar-refractivity contribution in [2.24, 2.45) is 0 Å². The minimum Gasteiger partial charge on any atom is -0.478 e. The van der Waals surface area contributed by atoms with Gasteiger partial charge in [0, 0.05) is 0 Å². The molecule has 1 N–H and O–H groups in total. The summed E-state index contributed by atoms with van der Waals surface area (Å²) in [5.41, 5.74) is 2.08. The standard InChI is InChI=1S/C11H9NO2/c12-6-7-4-5-9-8(7)2-1-3-10(9)11(13)14/h1-3,7H,4-5H2,(H,13,14). The van der Waals surface area contributed by atoms with Gasteiger partial charge in [0.1, 0.15) is 0 Å². The van der Waals surface area contributed by atoms with Crippen molar-refractivity contribution in [1.82, 2.24) is 0 Å². The average molecular weight is 187 g/mol. The lowest BCUT2D eigenvalue weighted by molar-refractivity contribution is 0.0696. The van der Waals surface area contributed by atoms with Gasteiger partial charge >= 0.3 is 5.97 Å². The predicted octanol–water partition coefficient (Wildman–Crippen LogP) is 1.94. The zero-order valence-corrected chi connectivity index (χ0v) is 7.53. The normalized spacial score (nSPS) is 18.6. The van der Waals surface area contributed by atoms with Crippen LogP contribution in [0.3, 0.4) is 0 Å². The first-order chi connectivity index (χ1) is 6.74. The van der Waals surface area contributed by atoms with E-state index < -0.39 is 5.97 Å². The Balaban J connectivity index is 2.56. The van der Waals surface area contributed by atoms with Crippen LogP contribution in [-0.2, 0) is 6.42 Å². The van der Waals surface area contributed by atoms with Gasteiger partial charge in [-0.05, 0) is 30.0 Å². The molecule has 1 aromatic rings. The summed E-state index contributed by atoms with van der Waals surface area (Å²) in [6.45, 7) is 0. The predicted molar refractivity (Wildman–Crippen MR) is 50.1 cm³/mol. The maximum absolute atomic E-state index is 10.9. The fourth-order valence-corrected chi connectivity index (χ4v) is 1.99. The lowest BCUT2D eigenvalue weighted by Crippen LogP contribution is -2.01. The van der Waals surface area contributed by atoms with E-state index in [4.69, 9.17) is 10.4 Å². The Hall–Kier alpha value is -1.82. The van der Waals surface area contributed by atoms with Gasteiger partial charge in [-0.25, -0.2) is 4.79 Å². The molecule has 3 heteroatoms. The zero-order chi connectivity index (χ0) is 10.1. The summed E-state index contributed by atoms with van der Waals surface area (Å²) >= 11 is 0. The maximum atomic E-state index is 10.9. The van der Waals surface area contributed by atoms with E-state index in [1.807, 2.05) is 6.07 Å². The van der Waals surface area contributed by atoms with Gasteiger partial charge in [0.25, 0.3) is 0 Å². The third kappa shape index (κ3) is 1.16. The van der Waals surface area contributed by atoms with Crippen molar-refractivity contribution in [3.05, 3.63) is 34.9 Å². The van der Waals surface area contributed by atoms with Crippen LogP contribution in [0.15, 0.2) is 18.2 Å². The molecule has 0 radical (unpaired) electrons. The molecule has 1 atom stereocenters. The molecule has 0 saturated heterocycles. The third-order valence-electron chi connectivity index (χ3n) is 2.66. The van der Waals surface area contributed by atoms with Crippen molar-refractivity contribution in [2.75, 3.05) is 0 Å². The first-order valence-corrected chi connectivity index (χ1v) is 4.48.